The monoisotopic (exact) mass is 464 g/mol. The molecule has 1 amide bonds. The van der Waals surface area contributed by atoms with Crippen LogP contribution in [0.5, 0.6) is 0 Å². The van der Waals surface area contributed by atoms with Crippen LogP contribution < -0.4 is 5.32 Å². The second-order valence-corrected chi connectivity index (χ2v) is 10.5. The van der Waals surface area contributed by atoms with Crippen molar-refractivity contribution in [1.82, 2.24) is 19.2 Å². The van der Waals surface area contributed by atoms with Crippen molar-refractivity contribution in [2.24, 2.45) is 7.05 Å². The summed E-state index contributed by atoms with van der Waals surface area (Å²) >= 11 is 0. The van der Waals surface area contributed by atoms with Crippen molar-refractivity contribution < 1.29 is 13.2 Å². The van der Waals surface area contributed by atoms with Crippen molar-refractivity contribution >= 4 is 37.7 Å². The van der Waals surface area contributed by atoms with E-state index in [1.54, 1.807) is 18.2 Å². The minimum absolute atomic E-state index is 0.0571. The van der Waals surface area contributed by atoms with Gasteiger partial charge in [-0.05, 0) is 41.5 Å². The van der Waals surface area contributed by atoms with Crippen molar-refractivity contribution in [3.63, 3.8) is 0 Å². The number of fused-ring (bicyclic) bond motifs is 2. The zero-order chi connectivity index (χ0) is 23.8. The van der Waals surface area contributed by atoms with Gasteiger partial charge in [-0.3, -0.25) is 4.79 Å². The summed E-state index contributed by atoms with van der Waals surface area (Å²) < 4.78 is 27.9. The van der Waals surface area contributed by atoms with Gasteiger partial charge in [-0.15, -0.1) is 0 Å². The summed E-state index contributed by atoms with van der Waals surface area (Å²) in [7, 11) is 1.35. The molecule has 0 spiro atoms. The molecule has 1 N–H and O–H groups in total. The van der Waals surface area contributed by atoms with Crippen LogP contribution in [-0.2, 0) is 28.3 Å². The molecular formula is C25H28N4O3S. The largest absolute Gasteiger partial charge is 0.350 e. The molecule has 1 atom stereocenters. The topological polar surface area (TPSA) is 84.3 Å². The number of rotatable bonds is 7. The van der Waals surface area contributed by atoms with Gasteiger partial charge in [-0.1, -0.05) is 42.5 Å². The SMILES string of the molecule is C[C@H](NC(=O)CCc1nc2cc(S(=O)(=O)N(C)C)ccc2n1C)c1cccc2ccccc12. The average molecular weight is 465 g/mol. The van der Waals surface area contributed by atoms with Crippen LogP contribution in [0.1, 0.15) is 30.8 Å². The van der Waals surface area contributed by atoms with Gasteiger partial charge in [0.2, 0.25) is 15.9 Å². The maximum Gasteiger partial charge on any atom is 0.242 e. The van der Waals surface area contributed by atoms with Crippen molar-refractivity contribution in [2.75, 3.05) is 14.1 Å². The molecule has 0 bridgehead atoms. The number of sulfonamides is 1. The van der Waals surface area contributed by atoms with Crippen LogP contribution in [0.4, 0.5) is 0 Å². The van der Waals surface area contributed by atoms with E-state index in [2.05, 4.69) is 28.5 Å². The van der Waals surface area contributed by atoms with Crippen LogP contribution in [0, 0.1) is 0 Å². The van der Waals surface area contributed by atoms with Gasteiger partial charge in [0.25, 0.3) is 0 Å². The van der Waals surface area contributed by atoms with Crippen molar-refractivity contribution in [1.29, 1.82) is 0 Å². The Hall–Kier alpha value is -3.23. The molecule has 0 radical (unpaired) electrons. The Morgan fingerprint density at radius 2 is 1.82 bits per heavy atom. The fraction of sp³-hybridized carbons (Fsp3) is 0.280. The first kappa shape index (κ1) is 22.9. The number of imidazole rings is 1. The first-order valence-corrected chi connectivity index (χ1v) is 12.3. The van der Waals surface area contributed by atoms with Crippen LogP contribution in [0.3, 0.4) is 0 Å². The van der Waals surface area contributed by atoms with E-state index in [1.807, 2.05) is 42.8 Å². The third-order valence-corrected chi connectivity index (χ3v) is 7.78. The highest BCUT2D eigenvalue weighted by Crippen LogP contribution is 2.25. The van der Waals surface area contributed by atoms with E-state index < -0.39 is 10.0 Å². The summed E-state index contributed by atoms with van der Waals surface area (Å²) in [5.74, 6) is 0.677. The maximum atomic E-state index is 12.7. The summed E-state index contributed by atoms with van der Waals surface area (Å²) in [6.07, 6.45) is 0.740. The van der Waals surface area contributed by atoms with Crippen molar-refractivity contribution in [2.45, 2.75) is 30.7 Å². The van der Waals surface area contributed by atoms with E-state index in [9.17, 15) is 13.2 Å². The Labute approximate surface area is 194 Å². The molecule has 0 unspecified atom stereocenters. The van der Waals surface area contributed by atoms with Crippen LogP contribution in [0.15, 0.2) is 65.6 Å². The number of hydrogen-bond donors (Lipinski definition) is 1. The molecule has 0 saturated heterocycles. The molecule has 0 fully saturated rings. The molecule has 0 aliphatic rings. The highest BCUT2D eigenvalue weighted by Gasteiger charge is 2.19. The van der Waals surface area contributed by atoms with Crippen molar-refractivity contribution in [3.8, 4) is 0 Å². The normalized spacial score (nSPS) is 13.0. The third kappa shape index (κ3) is 4.49. The Bertz CT molecular complexity index is 1440. The van der Waals surface area contributed by atoms with E-state index >= 15 is 0 Å². The Kier molecular flexibility index (Phi) is 6.23. The molecule has 4 aromatic rings. The van der Waals surface area contributed by atoms with Gasteiger partial charge < -0.3 is 9.88 Å². The molecule has 33 heavy (non-hydrogen) atoms. The van der Waals surface area contributed by atoms with Crippen LogP contribution in [0.2, 0.25) is 0 Å². The number of nitrogens with zero attached hydrogens (tertiary/aromatic N) is 3. The predicted octanol–water partition coefficient (Wildman–Crippen LogP) is 3.79. The average Bonchev–Trinajstić information content (AvgIpc) is 3.12. The lowest BCUT2D eigenvalue weighted by Crippen LogP contribution is -2.27. The molecule has 7 nitrogen and oxygen atoms in total. The molecule has 0 aliphatic heterocycles. The summed E-state index contributed by atoms with van der Waals surface area (Å²) in [4.78, 5) is 17.5. The maximum absolute atomic E-state index is 12.7. The molecule has 0 saturated carbocycles. The fourth-order valence-corrected chi connectivity index (χ4v) is 4.99. The zero-order valence-corrected chi connectivity index (χ0v) is 20.1. The Balaban J connectivity index is 1.47. The van der Waals surface area contributed by atoms with Crippen LogP contribution >= 0.6 is 0 Å². The first-order chi connectivity index (χ1) is 15.7. The fourth-order valence-electron chi connectivity index (χ4n) is 4.07. The molecule has 8 heteroatoms. The summed E-state index contributed by atoms with van der Waals surface area (Å²) in [6, 6.07) is 19.0. The number of benzene rings is 3. The zero-order valence-electron chi connectivity index (χ0n) is 19.2. The second kappa shape index (κ2) is 8.96. The highest BCUT2D eigenvalue weighted by molar-refractivity contribution is 7.89. The lowest BCUT2D eigenvalue weighted by Gasteiger charge is -2.16. The van der Waals surface area contributed by atoms with Gasteiger partial charge >= 0.3 is 0 Å². The van der Waals surface area contributed by atoms with E-state index in [1.165, 1.54) is 18.4 Å². The quantitative estimate of drug-likeness (QED) is 0.451. The predicted molar refractivity (Wildman–Crippen MR) is 130 cm³/mol. The summed E-state index contributed by atoms with van der Waals surface area (Å²) in [5, 5.41) is 5.37. The van der Waals surface area contributed by atoms with Gasteiger partial charge in [0, 0.05) is 34.0 Å². The molecule has 172 valence electrons. The van der Waals surface area contributed by atoms with Gasteiger partial charge in [0.15, 0.2) is 0 Å². The van der Waals surface area contributed by atoms with E-state index in [0.29, 0.717) is 11.9 Å². The summed E-state index contributed by atoms with van der Waals surface area (Å²) in [6.45, 7) is 1.99. The van der Waals surface area contributed by atoms with Crippen LogP contribution in [0.25, 0.3) is 21.8 Å². The Morgan fingerprint density at radius 3 is 2.58 bits per heavy atom. The number of hydrogen-bond acceptors (Lipinski definition) is 4. The van der Waals surface area contributed by atoms with E-state index in [4.69, 9.17) is 0 Å². The summed E-state index contributed by atoms with van der Waals surface area (Å²) in [5.41, 5.74) is 2.51. The number of amides is 1. The lowest BCUT2D eigenvalue weighted by atomic mass is 9.99. The second-order valence-electron chi connectivity index (χ2n) is 8.38. The Morgan fingerprint density at radius 1 is 1.09 bits per heavy atom. The van der Waals surface area contributed by atoms with Gasteiger partial charge in [-0.25, -0.2) is 17.7 Å². The number of carbonyl (C=O) groups excluding carboxylic acids is 1. The van der Waals surface area contributed by atoms with Gasteiger partial charge in [-0.2, -0.15) is 0 Å². The number of nitrogens with one attached hydrogen (secondary N) is 1. The highest BCUT2D eigenvalue weighted by atomic mass is 32.2. The number of aromatic nitrogens is 2. The van der Waals surface area contributed by atoms with Gasteiger partial charge in [0.1, 0.15) is 5.82 Å². The molecule has 0 aliphatic carbocycles. The van der Waals surface area contributed by atoms with Crippen molar-refractivity contribution in [3.05, 3.63) is 72.1 Å². The number of carbonyl (C=O) groups is 1. The van der Waals surface area contributed by atoms with E-state index in [0.717, 1.165) is 27.7 Å². The van der Waals surface area contributed by atoms with Crippen LogP contribution in [-0.4, -0.2) is 42.3 Å². The first-order valence-electron chi connectivity index (χ1n) is 10.8. The van der Waals surface area contributed by atoms with E-state index in [-0.39, 0.29) is 23.3 Å². The molecular weight excluding hydrogens is 436 g/mol. The minimum atomic E-state index is -3.53. The van der Waals surface area contributed by atoms with Gasteiger partial charge in [0.05, 0.1) is 22.0 Å². The number of aryl methyl sites for hydroxylation is 2. The molecule has 4 rings (SSSR count). The smallest absolute Gasteiger partial charge is 0.242 e. The molecule has 1 aromatic heterocycles. The molecule has 3 aromatic carbocycles. The lowest BCUT2D eigenvalue weighted by molar-refractivity contribution is -0.121. The molecule has 1 heterocycles. The standard InChI is InChI=1S/C25H28N4O3S/c1-17(20-11-7-9-18-8-5-6-10-21(18)20)26-25(30)15-14-24-27-22-16-19(33(31,32)28(2)3)12-13-23(22)29(24)4/h5-13,16-17H,14-15H2,1-4H3,(H,26,30)/t17-/m0/s1. The minimum Gasteiger partial charge on any atom is -0.350 e. The third-order valence-electron chi connectivity index (χ3n) is 5.97.